The van der Waals surface area contributed by atoms with E-state index < -0.39 is 5.97 Å². The maximum Gasteiger partial charge on any atom is 0.312 e. The standard InChI is InChI=1S/C12H18N2O3/c1-12(2)5-3-8(4-6-12)11-13-9(17-14-11)7-10(15)16/h8H,3-7H2,1-2H3,(H,15,16). The number of nitrogens with zero attached hydrogens (tertiary/aromatic N) is 2. The number of hydrogen-bond acceptors (Lipinski definition) is 4. The van der Waals surface area contributed by atoms with E-state index in [4.69, 9.17) is 9.63 Å². The van der Waals surface area contributed by atoms with E-state index in [9.17, 15) is 4.79 Å². The van der Waals surface area contributed by atoms with Crippen LogP contribution in [0, 0.1) is 5.41 Å². The van der Waals surface area contributed by atoms with E-state index in [0.717, 1.165) is 25.7 Å². The third kappa shape index (κ3) is 3.05. The number of carboxylic acids is 1. The predicted molar refractivity (Wildman–Crippen MR) is 60.6 cm³/mol. The Labute approximate surface area is 100 Å². The molecule has 1 aromatic rings. The number of rotatable bonds is 3. The first kappa shape index (κ1) is 12.1. The topological polar surface area (TPSA) is 76.2 Å². The SMILES string of the molecule is CC1(C)CCC(c2noc(CC(=O)O)n2)CC1. The third-order valence-electron chi connectivity index (χ3n) is 3.49. The molecule has 17 heavy (non-hydrogen) atoms. The summed E-state index contributed by atoms with van der Waals surface area (Å²) >= 11 is 0. The monoisotopic (exact) mass is 238 g/mol. The minimum atomic E-state index is -0.940. The number of carbonyl (C=O) groups is 1. The molecule has 0 amide bonds. The maximum absolute atomic E-state index is 10.5. The number of hydrogen-bond donors (Lipinski definition) is 1. The smallest absolute Gasteiger partial charge is 0.312 e. The number of aromatic nitrogens is 2. The van der Waals surface area contributed by atoms with Crippen LogP contribution < -0.4 is 0 Å². The lowest BCUT2D eigenvalue weighted by Gasteiger charge is -2.32. The van der Waals surface area contributed by atoms with E-state index >= 15 is 0 Å². The summed E-state index contributed by atoms with van der Waals surface area (Å²) in [5.74, 6) is 0.272. The fraction of sp³-hybridized carbons (Fsp3) is 0.750. The van der Waals surface area contributed by atoms with E-state index in [-0.39, 0.29) is 12.3 Å². The highest BCUT2D eigenvalue weighted by atomic mass is 16.5. The molecule has 1 aliphatic carbocycles. The van der Waals surface area contributed by atoms with E-state index in [2.05, 4.69) is 24.0 Å². The van der Waals surface area contributed by atoms with Crippen LogP contribution in [-0.2, 0) is 11.2 Å². The van der Waals surface area contributed by atoms with Gasteiger partial charge >= 0.3 is 5.97 Å². The van der Waals surface area contributed by atoms with Crippen molar-refractivity contribution in [3.05, 3.63) is 11.7 Å². The molecule has 0 saturated heterocycles. The average Bonchev–Trinajstić information content (AvgIpc) is 2.65. The molecule has 1 N–H and O–H groups in total. The molecule has 0 radical (unpaired) electrons. The summed E-state index contributed by atoms with van der Waals surface area (Å²) in [4.78, 5) is 14.7. The fourth-order valence-electron chi connectivity index (χ4n) is 2.29. The fourth-order valence-corrected chi connectivity index (χ4v) is 2.29. The molecule has 1 aliphatic rings. The molecule has 2 rings (SSSR count). The first-order valence-electron chi connectivity index (χ1n) is 6.00. The molecule has 1 fully saturated rings. The van der Waals surface area contributed by atoms with Gasteiger partial charge in [-0.15, -0.1) is 0 Å². The summed E-state index contributed by atoms with van der Waals surface area (Å²) in [5.41, 5.74) is 0.407. The van der Waals surface area contributed by atoms with Crippen LogP contribution in [0.5, 0.6) is 0 Å². The van der Waals surface area contributed by atoms with Crippen molar-refractivity contribution in [1.29, 1.82) is 0 Å². The molecule has 1 heterocycles. The Kier molecular flexibility index (Phi) is 3.17. The molecular weight excluding hydrogens is 220 g/mol. The Balaban J connectivity index is 1.99. The van der Waals surface area contributed by atoms with Crippen molar-refractivity contribution in [3.63, 3.8) is 0 Å². The van der Waals surface area contributed by atoms with Gasteiger partial charge in [0.05, 0.1) is 0 Å². The molecule has 5 heteroatoms. The second kappa shape index (κ2) is 4.47. The van der Waals surface area contributed by atoms with Crippen LogP contribution in [0.2, 0.25) is 0 Å². The van der Waals surface area contributed by atoms with Gasteiger partial charge in [0.1, 0.15) is 6.42 Å². The van der Waals surface area contributed by atoms with Gasteiger partial charge in [0.25, 0.3) is 0 Å². The van der Waals surface area contributed by atoms with Crippen LogP contribution >= 0.6 is 0 Å². The molecule has 0 aliphatic heterocycles. The summed E-state index contributed by atoms with van der Waals surface area (Å²) in [7, 11) is 0. The van der Waals surface area contributed by atoms with Gasteiger partial charge in [-0.2, -0.15) is 4.98 Å². The highest BCUT2D eigenvalue weighted by Crippen LogP contribution is 2.41. The third-order valence-corrected chi connectivity index (χ3v) is 3.49. The molecule has 94 valence electrons. The zero-order valence-electron chi connectivity index (χ0n) is 10.3. The molecule has 0 aromatic carbocycles. The van der Waals surface area contributed by atoms with Crippen molar-refractivity contribution in [2.75, 3.05) is 0 Å². The minimum absolute atomic E-state index is 0.189. The second-order valence-corrected chi connectivity index (χ2v) is 5.56. The molecule has 1 saturated carbocycles. The molecule has 0 atom stereocenters. The van der Waals surface area contributed by atoms with Gasteiger partial charge < -0.3 is 9.63 Å². The van der Waals surface area contributed by atoms with Crippen LogP contribution in [0.25, 0.3) is 0 Å². The number of carboxylic acid groups (broad SMARTS) is 1. The van der Waals surface area contributed by atoms with Crippen molar-refractivity contribution in [2.24, 2.45) is 5.41 Å². The summed E-state index contributed by atoms with van der Waals surface area (Å²) in [6.45, 7) is 4.55. The van der Waals surface area contributed by atoms with Crippen molar-refractivity contribution in [2.45, 2.75) is 51.9 Å². The Morgan fingerprint density at radius 1 is 1.47 bits per heavy atom. The van der Waals surface area contributed by atoms with Gasteiger partial charge in [0.15, 0.2) is 5.82 Å². The van der Waals surface area contributed by atoms with Gasteiger partial charge in [-0.25, -0.2) is 0 Å². The minimum Gasteiger partial charge on any atom is -0.481 e. The van der Waals surface area contributed by atoms with E-state index in [1.54, 1.807) is 0 Å². The zero-order valence-corrected chi connectivity index (χ0v) is 10.3. The quantitative estimate of drug-likeness (QED) is 0.874. The van der Waals surface area contributed by atoms with Crippen LogP contribution in [0.3, 0.4) is 0 Å². The van der Waals surface area contributed by atoms with Gasteiger partial charge in [-0.1, -0.05) is 19.0 Å². The lowest BCUT2D eigenvalue weighted by Crippen LogP contribution is -2.20. The van der Waals surface area contributed by atoms with Crippen molar-refractivity contribution in [1.82, 2.24) is 10.1 Å². The first-order chi connectivity index (χ1) is 7.96. The second-order valence-electron chi connectivity index (χ2n) is 5.56. The maximum atomic E-state index is 10.5. The van der Waals surface area contributed by atoms with Crippen LogP contribution in [0.15, 0.2) is 4.52 Å². The first-order valence-corrected chi connectivity index (χ1v) is 6.00. The Morgan fingerprint density at radius 3 is 2.71 bits per heavy atom. The molecule has 0 spiro atoms. The van der Waals surface area contributed by atoms with Crippen LogP contribution in [0.1, 0.15) is 57.2 Å². The Bertz CT molecular complexity index is 402. The Morgan fingerprint density at radius 2 is 2.12 bits per heavy atom. The predicted octanol–water partition coefficient (Wildman–Crippen LogP) is 2.38. The van der Waals surface area contributed by atoms with Gasteiger partial charge in [-0.3, -0.25) is 4.79 Å². The van der Waals surface area contributed by atoms with Crippen molar-refractivity contribution < 1.29 is 14.4 Å². The van der Waals surface area contributed by atoms with Crippen LogP contribution in [-0.4, -0.2) is 21.2 Å². The molecule has 5 nitrogen and oxygen atoms in total. The Hall–Kier alpha value is -1.39. The number of aliphatic carboxylic acids is 1. The lowest BCUT2D eigenvalue weighted by atomic mass is 9.73. The van der Waals surface area contributed by atoms with E-state index in [1.165, 1.54) is 0 Å². The van der Waals surface area contributed by atoms with Crippen molar-refractivity contribution in [3.8, 4) is 0 Å². The summed E-state index contributed by atoms with van der Waals surface area (Å²) in [5, 5.41) is 12.5. The van der Waals surface area contributed by atoms with Gasteiger partial charge in [0, 0.05) is 5.92 Å². The van der Waals surface area contributed by atoms with Gasteiger partial charge in [0.2, 0.25) is 5.89 Å². The molecule has 1 aromatic heterocycles. The highest BCUT2D eigenvalue weighted by molar-refractivity contribution is 5.68. The zero-order chi connectivity index (χ0) is 12.5. The van der Waals surface area contributed by atoms with Crippen molar-refractivity contribution >= 4 is 5.97 Å². The molecular formula is C12H18N2O3. The lowest BCUT2D eigenvalue weighted by molar-refractivity contribution is -0.136. The highest BCUT2D eigenvalue weighted by Gasteiger charge is 2.30. The van der Waals surface area contributed by atoms with E-state index in [1.807, 2.05) is 0 Å². The van der Waals surface area contributed by atoms with E-state index in [0.29, 0.717) is 17.2 Å². The summed E-state index contributed by atoms with van der Waals surface area (Å²) < 4.78 is 4.94. The van der Waals surface area contributed by atoms with Gasteiger partial charge in [-0.05, 0) is 31.1 Å². The van der Waals surface area contributed by atoms with Crippen LogP contribution in [0.4, 0.5) is 0 Å². The average molecular weight is 238 g/mol. The summed E-state index contributed by atoms with van der Waals surface area (Å²) in [6, 6.07) is 0. The largest absolute Gasteiger partial charge is 0.481 e. The molecule has 0 unspecified atom stereocenters. The normalized spacial score (nSPS) is 20.4. The molecule has 0 bridgehead atoms. The summed E-state index contributed by atoms with van der Waals surface area (Å²) in [6.07, 6.45) is 4.23.